The molecule has 2 aromatic carbocycles. The summed E-state index contributed by atoms with van der Waals surface area (Å²) in [4.78, 5) is 22.9. The van der Waals surface area contributed by atoms with Crippen molar-refractivity contribution in [3.05, 3.63) is 81.2 Å². The molecular weight excluding hydrogens is 403 g/mol. The number of aryl methyl sites for hydroxylation is 1. The predicted molar refractivity (Wildman–Crippen MR) is 103 cm³/mol. The Morgan fingerprint density at radius 2 is 1.80 bits per heavy atom. The van der Waals surface area contributed by atoms with Crippen molar-refractivity contribution in [3.63, 3.8) is 0 Å². The summed E-state index contributed by atoms with van der Waals surface area (Å²) in [5.41, 5.74) is -0.811. The second-order valence-electron chi connectivity index (χ2n) is 6.55. The molecule has 0 saturated heterocycles. The SMILES string of the molecule is Cc1cc(C(=O)Nc2cc([N+](=O)[O-])ccc2O)c(C)n1-c1ccccc1C(F)(F)F. The number of non-ortho nitro benzene ring substituents is 1. The Kier molecular flexibility index (Phi) is 5.26. The molecule has 10 heteroatoms. The molecule has 0 aliphatic rings. The third-order valence-electron chi connectivity index (χ3n) is 4.57. The summed E-state index contributed by atoms with van der Waals surface area (Å²) in [5, 5.41) is 23.2. The molecule has 0 aliphatic heterocycles. The average Bonchev–Trinajstić information content (AvgIpc) is 2.96. The number of phenols is 1. The van der Waals surface area contributed by atoms with E-state index in [1.165, 1.54) is 35.8 Å². The molecule has 3 rings (SSSR count). The number of anilines is 1. The molecule has 3 aromatic rings. The number of carbonyl (C=O) groups excluding carboxylic acids is 1. The van der Waals surface area contributed by atoms with Gasteiger partial charge in [-0.3, -0.25) is 14.9 Å². The summed E-state index contributed by atoms with van der Waals surface area (Å²) in [6, 6.07) is 9.54. The molecule has 1 aromatic heterocycles. The highest BCUT2D eigenvalue weighted by atomic mass is 19.4. The normalized spacial score (nSPS) is 11.4. The molecule has 0 fully saturated rings. The van der Waals surface area contributed by atoms with Crippen LogP contribution < -0.4 is 5.32 Å². The van der Waals surface area contributed by atoms with Gasteiger partial charge in [0.1, 0.15) is 5.75 Å². The van der Waals surface area contributed by atoms with E-state index in [-0.39, 0.29) is 34.1 Å². The lowest BCUT2D eigenvalue weighted by molar-refractivity contribution is -0.384. The molecule has 0 saturated carbocycles. The monoisotopic (exact) mass is 419 g/mol. The van der Waals surface area contributed by atoms with E-state index in [9.17, 15) is 33.2 Å². The Balaban J connectivity index is 2.03. The molecule has 2 N–H and O–H groups in total. The van der Waals surface area contributed by atoms with Crippen molar-refractivity contribution < 1.29 is 28.0 Å². The Morgan fingerprint density at radius 1 is 1.13 bits per heavy atom. The van der Waals surface area contributed by atoms with Crippen LogP contribution in [-0.2, 0) is 6.18 Å². The van der Waals surface area contributed by atoms with Gasteiger partial charge < -0.3 is 15.0 Å². The van der Waals surface area contributed by atoms with Gasteiger partial charge in [0, 0.05) is 23.5 Å². The van der Waals surface area contributed by atoms with E-state index in [2.05, 4.69) is 5.32 Å². The first-order valence-electron chi connectivity index (χ1n) is 8.65. The number of aromatic hydroxyl groups is 1. The molecule has 0 atom stereocenters. The van der Waals surface area contributed by atoms with Crippen LogP contribution in [0.3, 0.4) is 0 Å². The smallest absolute Gasteiger partial charge is 0.418 e. The molecule has 0 aliphatic carbocycles. The zero-order chi connectivity index (χ0) is 22.2. The fraction of sp³-hybridized carbons (Fsp3) is 0.150. The number of hydrogen-bond donors (Lipinski definition) is 2. The Bertz CT molecular complexity index is 1150. The van der Waals surface area contributed by atoms with Gasteiger partial charge in [-0.2, -0.15) is 13.2 Å². The van der Waals surface area contributed by atoms with Gasteiger partial charge in [0.05, 0.1) is 27.4 Å². The summed E-state index contributed by atoms with van der Waals surface area (Å²) in [6.45, 7) is 3.05. The van der Waals surface area contributed by atoms with E-state index in [4.69, 9.17) is 0 Å². The molecule has 7 nitrogen and oxygen atoms in total. The zero-order valence-corrected chi connectivity index (χ0v) is 15.8. The van der Waals surface area contributed by atoms with Gasteiger partial charge in [-0.1, -0.05) is 12.1 Å². The highest BCUT2D eigenvalue weighted by Gasteiger charge is 2.34. The lowest BCUT2D eigenvalue weighted by Gasteiger charge is -2.17. The van der Waals surface area contributed by atoms with Crippen LogP contribution in [0.4, 0.5) is 24.5 Å². The molecule has 30 heavy (non-hydrogen) atoms. The van der Waals surface area contributed by atoms with Crippen molar-refractivity contribution >= 4 is 17.3 Å². The lowest BCUT2D eigenvalue weighted by Crippen LogP contribution is -2.15. The number of nitro benzene ring substituents is 1. The first-order chi connectivity index (χ1) is 14.0. The van der Waals surface area contributed by atoms with Crippen LogP contribution in [0.15, 0.2) is 48.5 Å². The maximum absolute atomic E-state index is 13.4. The Morgan fingerprint density at radius 3 is 2.43 bits per heavy atom. The van der Waals surface area contributed by atoms with Crippen LogP contribution >= 0.6 is 0 Å². The largest absolute Gasteiger partial charge is 0.506 e. The standard InChI is InChI=1S/C20H16F3N3O4/c1-11-9-14(19(28)24-16-10-13(26(29)30)7-8-18(16)27)12(2)25(11)17-6-4-3-5-15(17)20(21,22)23/h3-10,27H,1-2H3,(H,24,28). The minimum atomic E-state index is -4.59. The number of benzene rings is 2. The molecule has 1 heterocycles. The van der Waals surface area contributed by atoms with Gasteiger partial charge in [0.25, 0.3) is 11.6 Å². The van der Waals surface area contributed by atoms with Gasteiger partial charge >= 0.3 is 6.18 Å². The molecule has 0 spiro atoms. The van der Waals surface area contributed by atoms with E-state index < -0.39 is 22.6 Å². The van der Waals surface area contributed by atoms with E-state index in [1.54, 1.807) is 6.92 Å². The number of amides is 1. The number of hydrogen-bond acceptors (Lipinski definition) is 4. The molecular formula is C20H16F3N3O4. The van der Waals surface area contributed by atoms with Crippen LogP contribution in [0.2, 0.25) is 0 Å². The van der Waals surface area contributed by atoms with Crippen molar-refractivity contribution in [2.45, 2.75) is 20.0 Å². The van der Waals surface area contributed by atoms with Gasteiger partial charge in [-0.15, -0.1) is 0 Å². The highest BCUT2D eigenvalue weighted by Crippen LogP contribution is 2.36. The second-order valence-corrected chi connectivity index (χ2v) is 6.55. The summed E-state index contributed by atoms with van der Waals surface area (Å²) < 4.78 is 41.6. The lowest BCUT2D eigenvalue weighted by atomic mass is 10.1. The van der Waals surface area contributed by atoms with Gasteiger partial charge in [0.2, 0.25) is 0 Å². The highest BCUT2D eigenvalue weighted by molar-refractivity contribution is 6.06. The molecule has 156 valence electrons. The minimum absolute atomic E-state index is 0.0652. The predicted octanol–water partition coefficient (Wildman–Crippen LogP) is 4.98. The van der Waals surface area contributed by atoms with Gasteiger partial charge in [0.15, 0.2) is 0 Å². The maximum atomic E-state index is 13.4. The summed E-state index contributed by atoms with van der Waals surface area (Å²) in [6.07, 6.45) is -4.59. The van der Waals surface area contributed by atoms with E-state index in [0.717, 1.165) is 24.3 Å². The average molecular weight is 419 g/mol. The van der Waals surface area contributed by atoms with Crippen LogP contribution in [0.25, 0.3) is 5.69 Å². The minimum Gasteiger partial charge on any atom is -0.506 e. The fourth-order valence-corrected chi connectivity index (χ4v) is 3.20. The van der Waals surface area contributed by atoms with Crippen molar-refractivity contribution in [3.8, 4) is 11.4 Å². The van der Waals surface area contributed by atoms with E-state index in [0.29, 0.717) is 5.69 Å². The zero-order valence-electron chi connectivity index (χ0n) is 15.8. The summed E-state index contributed by atoms with van der Waals surface area (Å²) in [5.74, 6) is -1.11. The van der Waals surface area contributed by atoms with Crippen molar-refractivity contribution in [1.82, 2.24) is 4.57 Å². The van der Waals surface area contributed by atoms with E-state index in [1.807, 2.05) is 0 Å². The van der Waals surface area contributed by atoms with Crippen molar-refractivity contribution in [2.24, 2.45) is 0 Å². The van der Waals surface area contributed by atoms with Crippen LogP contribution in [-0.4, -0.2) is 20.5 Å². The van der Waals surface area contributed by atoms with Crippen molar-refractivity contribution in [1.29, 1.82) is 0 Å². The Hall–Kier alpha value is -3.82. The molecule has 0 bridgehead atoms. The summed E-state index contributed by atoms with van der Waals surface area (Å²) >= 11 is 0. The van der Waals surface area contributed by atoms with Crippen LogP contribution in [0.1, 0.15) is 27.3 Å². The number of phenolic OH excluding ortho intramolecular Hbond substituents is 1. The number of carbonyl (C=O) groups is 1. The van der Waals surface area contributed by atoms with E-state index >= 15 is 0 Å². The number of halogens is 3. The number of nitrogens with zero attached hydrogens (tertiary/aromatic N) is 2. The quantitative estimate of drug-likeness (QED) is 0.354. The fourth-order valence-electron chi connectivity index (χ4n) is 3.20. The topological polar surface area (TPSA) is 97.4 Å². The number of aromatic nitrogens is 1. The number of nitro groups is 1. The molecule has 0 radical (unpaired) electrons. The maximum Gasteiger partial charge on any atom is 0.418 e. The number of para-hydroxylation sites is 1. The first kappa shape index (κ1) is 20.9. The second kappa shape index (κ2) is 7.54. The van der Waals surface area contributed by atoms with Crippen molar-refractivity contribution in [2.75, 3.05) is 5.32 Å². The number of rotatable bonds is 4. The third kappa shape index (κ3) is 3.84. The number of nitrogens with one attached hydrogen (secondary N) is 1. The number of alkyl halides is 3. The van der Waals surface area contributed by atoms with Gasteiger partial charge in [-0.25, -0.2) is 0 Å². The molecule has 1 amide bonds. The summed E-state index contributed by atoms with van der Waals surface area (Å²) in [7, 11) is 0. The van der Waals surface area contributed by atoms with Crippen LogP contribution in [0, 0.1) is 24.0 Å². The molecule has 0 unspecified atom stereocenters. The first-order valence-corrected chi connectivity index (χ1v) is 8.65. The van der Waals surface area contributed by atoms with Gasteiger partial charge in [-0.05, 0) is 38.1 Å². The van der Waals surface area contributed by atoms with Crippen LogP contribution in [0.5, 0.6) is 5.75 Å². The third-order valence-corrected chi connectivity index (χ3v) is 4.57. The Labute approximate surface area is 168 Å².